The number of anilines is 1. The van der Waals surface area contributed by atoms with Crippen LogP contribution in [0.4, 0.5) is 10.5 Å². The van der Waals surface area contributed by atoms with Gasteiger partial charge in [0.2, 0.25) is 5.79 Å². The Morgan fingerprint density at radius 3 is 2.38 bits per heavy atom. The van der Waals surface area contributed by atoms with Gasteiger partial charge in [0.05, 0.1) is 6.10 Å². The lowest BCUT2D eigenvalue weighted by Crippen LogP contribution is -2.47. The van der Waals surface area contributed by atoms with E-state index in [-0.39, 0.29) is 11.5 Å². The molecule has 1 atom stereocenters. The lowest BCUT2D eigenvalue weighted by Gasteiger charge is -2.44. The highest BCUT2D eigenvalue weighted by Gasteiger charge is 2.43. The minimum Gasteiger partial charge on any atom is -0.462 e. The molecule has 0 aliphatic carbocycles. The van der Waals surface area contributed by atoms with Crippen LogP contribution in [0.1, 0.15) is 46.6 Å². The first-order chi connectivity index (χ1) is 13.6. The molecule has 0 radical (unpaired) electrons. The van der Waals surface area contributed by atoms with Gasteiger partial charge in [-0.15, -0.1) is 0 Å². The minimum atomic E-state index is -0.709. The zero-order valence-corrected chi connectivity index (χ0v) is 17.4. The summed E-state index contributed by atoms with van der Waals surface area (Å²) in [5.74, 6) is 1.29. The van der Waals surface area contributed by atoms with Crippen LogP contribution < -0.4 is 20.3 Å². The van der Waals surface area contributed by atoms with Crippen LogP contribution in [0.25, 0.3) is 0 Å². The zero-order valence-electron chi connectivity index (χ0n) is 17.4. The predicted molar refractivity (Wildman–Crippen MR) is 110 cm³/mol. The lowest BCUT2D eigenvalue weighted by atomic mass is 9.76. The normalized spacial score (nSPS) is 19.8. The summed E-state index contributed by atoms with van der Waals surface area (Å²) in [6.45, 7) is 10.3. The van der Waals surface area contributed by atoms with E-state index in [9.17, 15) is 4.79 Å². The van der Waals surface area contributed by atoms with Crippen molar-refractivity contribution in [1.82, 2.24) is 5.48 Å². The third-order valence-electron chi connectivity index (χ3n) is 4.71. The molecule has 2 aromatic carbocycles. The van der Waals surface area contributed by atoms with Crippen molar-refractivity contribution < 1.29 is 24.2 Å². The number of hydrogen-bond acceptors (Lipinski definition) is 5. The fourth-order valence-electron chi connectivity index (χ4n) is 3.84. The van der Waals surface area contributed by atoms with E-state index in [0.717, 1.165) is 17.7 Å². The van der Waals surface area contributed by atoms with E-state index in [0.29, 0.717) is 17.2 Å². The number of carbonyl (C=O) groups is 1. The largest absolute Gasteiger partial charge is 0.462 e. The van der Waals surface area contributed by atoms with Crippen molar-refractivity contribution in [2.24, 2.45) is 0 Å². The number of ether oxygens (including phenoxy) is 3. The smallest absolute Gasteiger partial charge is 0.342 e. The summed E-state index contributed by atoms with van der Waals surface area (Å²) in [5, 5.41) is 11.0. The van der Waals surface area contributed by atoms with E-state index in [2.05, 4.69) is 19.2 Å². The van der Waals surface area contributed by atoms with Crippen LogP contribution in [0.15, 0.2) is 42.5 Å². The molecular weight excluding hydrogens is 372 g/mol. The molecule has 2 amide bonds. The molecule has 3 N–H and O–H groups in total. The minimum absolute atomic E-state index is 0.0526. The van der Waals surface area contributed by atoms with Gasteiger partial charge in [-0.05, 0) is 49.6 Å². The zero-order chi connectivity index (χ0) is 21.2. The van der Waals surface area contributed by atoms with Crippen molar-refractivity contribution in [3.05, 3.63) is 48.0 Å². The molecule has 156 valence electrons. The molecule has 1 aliphatic heterocycles. The fourth-order valence-corrected chi connectivity index (χ4v) is 3.84. The number of hydrogen-bond donors (Lipinski definition) is 3. The van der Waals surface area contributed by atoms with E-state index in [1.165, 1.54) is 5.48 Å². The van der Waals surface area contributed by atoms with E-state index >= 15 is 0 Å². The first kappa shape index (κ1) is 21.0. The van der Waals surface area contributed by atoms with Crippen LogP contribution in [0.2, 0.25) is 0 Å². The van der Waals surface area contributed by atoms with Crippen molar-refractivity contribution in [2.45, 2.75) is 58.3 Å². The van der Waals surface area contributed by atoms with Gasteiger partial charge in [0.25, 0.3) is 0 Å². The third kappa shape index (κ3) is 4.99. The average Bonchev–Trinajstić information content (AvgIpc) is 2.61. The molecule has 0 saturated carbocycles. The summed E-state index contributed by atoms with van der Waals surface area (Å²) in [5.41, 5.74) is 3.06. The Bertz CT molecular complexity index is 879. The molecule has 0 bridgehead atoms. The molecule has 2 aromatic rings. The Hall–Kier alpha value is -2.77. The maximum absolute atomic E-state index is 11.1. The molecule has 1 aliphatic rings. The molecule has 7 nitrogen and oxygen atoms in total. The second kappa shape index (κ2) is 7.93. The highest BCUT2D eigenvalue weighted by molar-refractivity contribution is 5.88. The van der Waals surface area contributed by atoms with Gasteiger partial charge in [0.1, 0.15) is 17.2 Å². The van der Waals surface area contributed by atoms with Gasteiger partial charge in [-0.2, -0.15) is 0 Å². The van der Waals surface area contributed by atoms with Gasteiger partial charge in [0, 0.05) is 30.7 Å². The van der Waals surface area contributed by atoms with Crippen LogP contribution in [-0.4, -0.2) is 23.1 Å². The standard InChI is InChI=1S/C22H28N2O5/c1-14(2)28-22(5)13-21(3,4)18-11-10-17(12-19(18)29-22)27-16-8-6-15(7-9-16)23-20(25)24-26/h6-12,14,26H,13H2,1-5H3,(H2,23,24,25). The van der Waals surface area contributed by atoms with Gasteiger partial charge in [0.15, 0.2) is 0 Å². The maximum atomic E-state index is 11.1. The summed E-state index contributed by atoms with van der Waals surface area (Å²) in [4.78, 5) is 11.1. The van der Waals surface area contributed by atoms with E-state index in [1.54, 1.807) is 24.3 Å². The maximum Gasteiger partial charge on any atom is 0.342 e. The van der Waals surface area contributed by atoms with Crippen molar-refractivity contribution >= 4 is 11.7 Å². The van der Waals surface area contributed by atoms with Crippen molar-refractivity contribution in [2.75, 3.05) is 5.32 Å². The Labute approximate surface area is 170 Å². The number of amides is 2. The molecule has 1 heterocycles. The Kier molecular flexibility index (Phi) is 5.73. The number of fused-ring (bicyclic) bond motifs is 1. The molecule has 0 aromatic heterocycles. The van der Waals surface area contributed by atoms with Crippen LogP contribution in [0.3, 0.4) is 0 Å². The number of hydroxylamine groups is 1. The second-order valence-electron chi connectivity index (χ2n) is 8.31. The summed E-state index contributed by atoms with van der Waals surface area (Å²) in [6, 6.07) is 11.9. The van der Waals surface area contributed by atoms with E-state index < -0.39 is 11.8 Å². The van der Waals surface area contributed by atoms with Gasteiger partial charge in [-0.1, -0.05) is 19.9 Å². The summed E-state index contributed by atoms with van der Waals surface area (Å²) >= 11 is 0. The Morgan fingerprint density at radius 1 is 1.10 bits per heavy atom. The predicted octanol–water partition coefficient (Wildman–Crippen LogP) is 5.19. The van der Waals surface area contributed by atoms with Gasteiger partial charge in [-0.3, -0.25) is 5.21 Å². The first-order valence-corrected chi connectivity index (χ1v) is 9.61. The average molecular weight is 400 g/mol. The van der Waals surface area contributed by atoms with E-state index in [1.807, 2.05) is 39.0 Å². The second-order valence-corrected chi connectivity index (χ2v) is 8.31. The van der Waals surface area contributed by atoms with Gasteiger partial charge in [-0.25, -0.2) is 10.3 Å². The monoisotopic (exact) mass is 400 g/mol. The molecular formula is C22H28N2O5. The summed E-state index contributed by atoms with van der Waals surface area (Å²) in [7, 11) is 0. The molecule has 0 spiro atoms. The van der Waals surface area contributed by atoms with Crippen molar-refractivity contribution in [3.63, 3.8) is 0 Å². The van der Waals surface area contributed by atoms with Gasteiger partial charge < -0.3 is 19.5 Å². The number of nitrogens with one attached hydrogen (secondary N) is 2. The number of benzene rings is 2. The third-order valence-corrected chi connectivity index (χ3v) is 4.71. The van der Waals surface area contributed by atoms with E-state index in [4.69, 9.17) is 19.4 Å². The molecule has 0 fully saturated rings. The SMILES string of the molecule is CC(C)OC1(C)CC(C)(C)c2ccc(Oc3ccc(NC(=O)NO)cc3)cc2O1. The highest BCUT2D eigenvalue weighted by Crippen LogP contribution is 2.47. The Balaban J connectivity index is 1.80. The van der Waals surface area contributed by atoms with Crippen LogP contribution in [0, 0.1) is 0 Å². The first-order valence-electron chi connectivity index (χ1n) is 9.61. The van der Waals surface area contributed by atoms with Crippen LogP contribution in [-0.2, 0) is 10.2 Å². The molecule has 29 heavy (non-hydrogen) atoms. The Morgan fingerprint density at radius 2 is 1.76 bits per heavy atom. The van der Waals surface area contributed by atoms with Gasteiger partial charge >= 0.3 is 6.03 Å². The lowest BCUT2D eigenvalue weighted by molar-refractivity contribution is -0.210. The van der Waals surface area contributed by atoms with Crippen LogP contribution >= 0.6 is 0 Å². The summed E-state index contributed by atoms with van der Waals surface area (Å²) < 4.78 is 18.3. The molecule has 3 rings (SSSR count). The molecule has 0 saturated heterocycles. The number of rotatable bonds is 5. The molecule has 7 heteroatoms. The number of carbonyl (C=O) groups excluding carboxylic acids is 1. The molecule has 1 unspecified atom stereocenters. The van der Waals surface area contributed by atoms with Crippen molar-refractivity contribution in [1.29, 1.82) is 0 Å². The topological polar surface area (TPSA) is 89.1 Å². The quantitative estimate of drug-likeness (QED) is 0.475. The van der Waals surface area contributed by atoms with Crippen molar-refractivity contribution in [3.8, 4) is 17.2 Å². The highest BCUT2D eigenvalue weighted by atomic mass is 16.7. The number of urea groups is 1. The summed E-state index contributed by atoms with van der Waals surface area (Å²) in [6.07, 6.45) is 0.804. The fraction of sp³-hybridized carbons (Fsp3) is 0.409. The van der Waals surface area contributed by atoms with Crippen LogP contribution in [0.5, 0.6) is 17.2 Å².